The number of hydrogen-bond acceptors (Lipinski definition) is 6. The van der Waals surface area contributed by atoms with Gasteiger partial charge < -0.3 is 15.4 Å². The number of sulfonamides is 1. The average Bonchev–Trinajstić information content (AvgIpc) is 2.62. The molecule has 0 spiro atoms. The predicted octanol–water partition coefficient (Wildman–Crippen LogP) is 2.09. The van der Waals surface area contributed by atoms with E-state index in [1.807, 2.05) is 6.07 Å². The van der Waals surface area contributed by atoms with Crippen molar-refractivity contribution in [3.05, 3.63) is 35.0 Å². The summed E-state index contributed by atoms with van der Waals surface area (Å²) in [7, 11) is -3.70. The van der Waals surface area contributed by atoms with Gasteiger partial charge in [0.1, 0.15) is 11.6 Å². The van der Waals surface area contributed by atoms with Gasteiger partial charge in [0.05, 0.1) is 28.8 Å². The van der Waals surface area contributed by atoms with Gasteiger partial charge in [-0.25, -0.2) is 8.42 Å². The van der Waals surface area contributed by atoms with Crippen LogP contribution in [0.1, 0.15) is 20.8 Å². The molecule has 1 fully saturated rings. The minimum Gasteiger partial charge on any atom is -0.379 e. The third-order valence-electron chi connectivity index (χ3n) is 3.77. The SMILES string of the molecule is CC(C)(C)NC(=O)/C(C#N)=C\Nc1cc(S(=O)(=O)N2CCOCC2)ccc1Cl. The first kappa shape index (κ1) is 22.2. The van der Waals surface area contributed by atoms with Crippen molar-refractivity contribution in [3.63, 3.8) is 0 Å². The van der Waals surface area contributed by atoms with Crippen LogP contribution >= 0.6 is 11.6 Å². The highest BCUT2D eigenvalue weighted by Crippen LogP contribution is 2.27. The summed E-state index contributed by atoms with van der Waals surface area (Å²) in [6, 6.07) is 6.06. The van der Waals surface area contributed by atoms with E-state index in [4.69, 9.17) is 16.3 Å². The van der Waals surface area contributed by atoms with E-state index in [0.29, 0.717) is 13.2 Å². The second-order valence-electron chi connectivity index (χ2n) is 7.18. The molecule has 2 N–H and O–H groups in total. The maximum Gasteiger partial charge on any atom is 0.263 e. The quantitative estimate of drug-likeness (QED) is 0.550. The van der Waals surface area contributed by atoms with Crippen LogP contribution in [0.4, 0.5) is 5.69 Å². The minimum atomic E-state index is -3.70. The van der Waals surface area contributed by atoms with Crippen LogP contribution in [-0.2, 0) is 19.6 Å². The first-order valence-corrected chi connectivity index (χ1v) is 10.4. The van der Waals surface area contributed by atoms with Crippen LogP contribution in [0.2, 0.25) is 5.02 Å². The summed E-state index contributed by atoms with van der Waals surface area (Å²) < 4.78 is 32.1. The van der Waals surface area contributed by atoms with Gasteiger partial charge in [-0.3, -0.25) is 4.79 Å². The third kappa shape index (κ3) is 5.69. The maximum atomic E-state index is 12.8. The molecule has 1 aliphatic heterocycles. The maximum absolute atomic E-state index is 12.8. The highest BCUT2D eigenvalue weighted by atomic mass is 35.5. The Morgan fingerprint density at radius 3 is 2.54 bits per heavy atom. The molecule has 0 radical (unpaired) electrons. The molecule has 0 unspecified atom stereocenters. The zero-order valence-electron chi connectivity index (χ0n) is 16.0. The molecule has 152 valence electrons. The normalized spacial score (nSPS) is 16.3. The molecule has 1 heterocycles. The number of morpholine rings is 1. The number of nitrogens with one attached hydrogen (secondary N) is 2. The van der Waals surface area contributed by atoms with Gasteiger partial charge in [-0.15, -0.1) is 0 Å². The van der Waals surface area contributed by atoms with Crippen LogP contribution in [0.5, 0.6) is 0 Å². The van der Waals surface area contributed by atoms with E-state index in [1.165, 1.54) is 28.7 Å². The number of carbonyl (C=O) groups excluding carboxylic acids is 1. The molecule has 1 aromatic rings. The highest BCUT2D eigenvalue weighted by molar-refractivity contribution is 7.89. The Labute approximate surface area is 170 Å². The van der Waals surface area contributed by atoms with Crippen LogP contribution in [0.15, 0.2) is 34.9 Å². The van der Waals surface area contributed by atoms with E-state index >= 15 is 0 Å². The number of carbonyl (C=O) groups is 1. The fraction of sp³-hybridized carbons (Fsp3) is 0.444. The van der Waals surface area contributed by atoms with Gasteiger partial charge in [-0.1, -0.05) is 11.6 Å². The van der Waals surface area contributed by atoms with Crippen molar-refractivity contribution >= 4 is 33.2 Å². The molecular weight excluding hydrogens is 404 g/mol. The van der Waals surface area contributed by atoms with Gasteiger partial charge in [0.15, 0.2) is 0 Å². The second kappa shape index (κ2) is 8.92. The summed E-state index contributed by atoms with van der Waals surface area (Å²) in [6.07, 6.45) is 1.20. The van der Waals surface area contributed by atoms with Gasteiger partial charge in [-0.2, -0.15) is 9.57 Å². The highest BCUT2D eigenvalue weighted by Gasteiger charge is 2.27. The van der Waals surface area contributed by atoms with E-state index in [0.717, 1.165) is 0 Å². The monoisotopic (exact) mass is 426 g/mol. The Morgan fingerprint density at radius 1 is 1.32 bits per heavy atom. The van der Waals surface area contributed by atoms with Crippen LogP contribution in [-0.4, -0.2) is 50.5 Å². The van der Waals surface area contributed by atoms with Crippen molar-refractivity contribution in [2.75, 3.05) is 31.6 Å². The Morgan fingerprint density at radius 2 is 1.96 bits per heavy atom. The first-order chi connectivity index (χ1) is 13.0. The number of benzene rings is 1. The van der Waals surface area contributed by atoms with Crippen LogP contribution < -0.4 is 10.6 Å². The molecule has 10 heteroatoms. The molecule has 1 saturated heterocycles. The molecule has 0 atom stereocenters. The summed E-state index contributed by atoms with van der Waals surface area (Å²) >= 11 is 6.14. The van der Waals surface area contributed by atoms with Crippen molar-refractivity contribution in [3.8, 4) is 6.07 Å². The third-order valence-corrected chi connectivity index (χ3v) is 6.00. The van der Waals surface area contributed by atoms with E-state index < -0.39 is 21.5 Å². The average molecular weight is 427 g/mol. The number of halogens is 1. The van der Waals surface area contributed by atoms with E-state index in [1.54, 1.807) is 20.8 Å². The van der Waals surface area contributed by atoms with Crippen LogP contribution in [0.3, 0.4) is 0 Å². The fourth-order valence-corrected chi connectivity index (χ4v) is 4.02. The Balaban J connectivity index is 2.26. The van der Waals surface area contributed by atoms with Gasteiger partial charge in [-0.05, 0) is 39.0 Å². The summed E-state index contributed by atoms with van der Waals surface area (Å²) in [4.78, 5) is 12.2. The molecule has 1 amide bonds. The minimum absolute atomic E-state index is 0.0624. The standard InChI is InChI=1S/C18H23ClN4O4S/c1-18(2,3)22-17(24)13(11-20)12-21-16-10-14(4-5-15(16)19)28(25,26)23-6-8-27-9-7-23/h4-5,10,12,21H,6-9H2,1-3H3,(H,22,24)/b13-12-. The zero-order chi connectivity index (χ0) is 20.9. The Bertz CT molecular complexity index is 910. The molecule has 0 saturated carbocycles. The molecule has 1 aliphatic rings. The molecule has 0 aliphatic carbocycles. The fourth-order valence-electron chi connectivity index (χ4n) is 2.42. The number of ether oxygens (including phenoxy) is 1. The number of nitriles is 1. The van der Waals surface area contributed by atoms with Crippen molar-refractivity contribution in [2.45, 2.75) is 31.2 Å². The molecule has 2 rings (SSSR count). The van der Waals surface area contributed by atoms with Crippen molar-refractivity contribution in [2.24, 2.45) is 0 Å². The van der Waals surface area contributed by atoms with Gasteiger partial charge in [0.2, 0.25) is 10.0 Å². The first-order valence-electron chi connectivity index (χ1n) is 8.61. The lowest BCUT2D eigenvalue weighted by atomic mass is 10.1. The molecular formula is C18H23ClN4O4S. The van der Waals surface area contributed by atoms with Crippen molar-refractivity contribution in [1.82, 2.24) is 9.62 Å². The van der Waals surface area contributed by atoms with E-state index in [9.17, 15) is 18.5 Å². The molecule has 1 aromatic carbocycles. The lowest BCUT2D eigenvalue weighted by Gasteiger charge is -2.26. The Kier molecular flexibility index (Phi) is 7.06. The largest absolute Gasteiger partial charge is 0.379 e. The predicted molar refractivity (Wildman–Crippen MR) is 106 cm³/mol. The lowest BCUT2D eigenvalue weighted by molar-refractivity contribution is -0.118. The van der Waals surface area contributed by atoms with Crippen LogP contribution in [0, 0.1) is 11.3 Å². The Hall–Kier alpha value is -2.12. The molecule has 0 bridgehead atoms. The smallest absolute Gasteiger partial charge is 0.263 e. The molecule has 8 nitrogen and oxygen atoms in total. The van der Waals surface area contributed by atoms with Crippen molar-refractivity contribution < 1.29 is 17.9 Å². The molecule has 0 aromatic heterocycles. The summed E-state index contributed by atoms with van der Waals surface area (Å²) in [6.45, 7) is 6.63. The number of hydrogen-bond donors (Lipinski definition) is 2. The number of amides is 1. The molecule has 28 heavy (non-hydrogen) atoms. The van der Waals surface area contributed by atoms with Gasteiger partial charge in [0, 0.05) is 24.8 Å². The van der Waals surface area contributed by atoms with Gasteiger partial charge >= 0.3 is 0 Å². The number of nitrogens with zero attached hydrogens (tertiary/aromatic N) is 2. The summed E-state index contributed by atoms with van der Waals surface area (Å²) in [5, 5.41) is 14.9. The number of anilines is 1. The summed E-state index contributed by atoms with van der Waals surface area (Å²) in [5.74, 6) is -0.546. The van der Waals surface area contributed by atoms with Crippen molar-refractivity contribution in [1.29, 1.82) is 5.26 Å². The van der Waals surface area contributed by atoms with E-state index in [-0.39, 0.29) is 34.3 Å². The van der Waals surface area contributed by atoms with Gasteiger partial charge in [0.25, 0.3) is 5.91 Å². The summed E-state index contributed by atoms with van der Waals surface area (Å²) in [5.41, 5.74) is -0.392. The lowest BCUT2D eigenvalue weighted by Crippen LogP contribution is -2.41. The zero-order valence-corrected chi connectivity index (χ0v) is 17.5. The number of rotatable bonds is 5. The van der Waals surface area contributed by atoms with Crippen LogP contribution in [0.25, 0.3) is 0 Å². The van der Waals surface area contributed by atoms with E-state index in [2.05, 4.69) is 10.6 Å². The second-order valence-corrected chi connectivity index (χ2v) is 9.52. The topological polar surface area (TPSA) is 112 Å².